The van der Waals surface area contributed by atoms with Crippen LogP contribution in [0.15, 0.2) is 30.3 Å². The molecule has 0 saturated carbocycles. The van der Waals surface area contributed by atoms with Crippen LogP contribution in [0.25, 0.3) is 6.08 Å². The second-order valence-corrected chi connectivity index (χ2v) is 5.13. The number of halogens is 2. The molecule has 0 fully saturated rings. The van der Waals surface area contributed by atoms with Gasteiger partial charge in [0.05, 0.1) is 6.54 Å². The summed E-state index contributed by atoms with van der Waals surface area (Å²) in [6.45, 7) is 0.417. The highest BCUT2D eigenvalue weighted by Crippen LogP contribution is 2.23. The zero-order chi connectivity index (χ0) is 16.1. The van der Waals surface area contributed by atoms with E-state index in [9.17, 15) is 4.79 Å². The molecular weight excluding hydrogens is 327 g/mol. The third-order valence-electron chi connectivity index (χ3n) is 3.00. The van der Waals surface area contributed by atoms with Crippen molar-refractivity contribution in [3.05, 3.63) is 52.0 Å². The second kappa shape index (κ2) is 7.31. The highest BCUT2D eigenvalue weighted by Gasteiger charge is 2.10. The number of carbonyl (C=O) groups excluding carboxylic acids is 1. The topological polar surface area (TPSA) is 79.2 Å². The van der Waals surface area contributed by atoms with Crippen LogP contribution in [0.2, 0.25) is 10.3 Å². The molecule has 6 nitrogen and oxygen atoms in total. The fraction of sp³-hybridized carbons (Fsp3) is 0.143. The van der Waals surface area contributed by atoms with Gasteiger partial charge in [-0.3, -0.25) is 10.0 Å². The van der Waals surface area contributed by atoms with Crippen LogP contribution in [-0.2, 0) is 18.4 Å². The molecule has 0 spiro atoms. The minimum Gasteiger partial charge on any atom is -0.377 e. The van der Waals surface area contributed by atoms with Gasteiger partial charge in [-0.15, -0.1) is 0 Å². The summed E-state index contributed by atoms with van der Waals surface area (Å²) in [6, 6.07) is 7.41. The molecule has 0 unspecified atom stereocenters. The quantitative estimate of drug-likeness (QED) is 0.444. The lowest BCUT2D eigenvalue weighted by molar-refractivity contribution is -0.124. The minimum atomic E-state index is -0.600. The lowest BCUT2D eigenvalue weighted by atomic mass is 10.1. The lowest BCUT2D eigenvalue weighted by Crippen LogP contribution is -2.14. The average Bonchev–Trinajstić information content (AvgIpc) is 2.78. The lowest BCUT2D eigenvalue weighted by Gasteiger charge is -2.09. The van der Waals surface area contributed by atoms with Gasteiger partial charge in [0.2, 0.25) is 0 Å². The van der Waals surface area contributed by atoms with Crippen molar-refractivity contribution in [2.75, 3.05) is 5.32 Å². The summed E-state index contributed by atoms with van der Waals surface area (Å²) in [5.41, 5.74) is 3.13. The molecule has 0 radical (unpaired) electrons. The fourth-order valence-corrected chi connectivity index (χ4v) is 2.19. The summed E-state index contributed by atoms with van der Waals surface area (Å²) in [5.74, 6) is 0.0827. The number of aromatic nitrogens is 2. The Bertz CT molecular complexity index is 713. The Morgan fingerprint density at radius 3 is 2.77 bits per heavy atom. The van der Waals surface area contributed by atoms with E-state index in [-0.39, 0.29) is 5.15 Å². The number of rotatable bonds is 5. The van der Waals surface area contributed by atoms with E-state index in [1.807, 2.05) is 24.3 Å². The number of carbonyl (C=O) groups is 1. The molecule has 2 rings (SSSR count). The number of hydroxylamine groups is 1. The number of hydrogen-bond acceptors (Lipinski definition) is 4. The predicted octanol–water partition coefficient (Wildman–Crippen LogP) is 2.86. The second-order valence-electron chi connectivity index (χ2n) is 4.42. The molecule has 0 aliphatic heterocycles. The van der Waals surface area contributed by atoms with Crippen molar-refractivity contribution in [3.8, 4) is 0 Å². The Morgan fingerprint density at radius 1 is 1.41 bits per heavy atom. The summed E-state index contributed by atoms with van der Waals surface area (Å²) in [6.07, 6.45) is 2.82. The largest absolute Gasteiger partial charge is 0.377 e. The van der Waals surface area contributed by atoms with Crippen molar-refractivity contribution in [3.63, 3.8) is 0 Å². The normalized spacial score (nSPS) is 10.9. The van der Waals surface area contributed by atoms with Gasteiger partial charge in [-0.1, -0.05) is 41.4 Å². The van der Waals surface area contributed by atoms with E-state index in [4.69, 9.17) is 28.4 Å². The molecular formula is C14H14Cl2N4O2. The van der Waals surface area contributed by atoms with Gasteiger partial charge in [0.25, 0.3) is 5.91 Å². The molecule has 0 saturated heterocycles. The number of nitrogens with one attached hydrogen (secondary N) is 2. The van der Waals surface area contributed by atoms with E-state index in [0.717, 1.165) is 11.3 Å². The fourth-order valence-electron chi connectivity index (χ4n) is 1.82. The molecule has 1 aromatic carbocycles. The van der Waals surface area contributed by atoms with Crippen LogP contribution in [0.5, 0.6) is 0 Å². The maximum absolute atomic E-state index is 11.0. The van der Waals surface area contributed by atoms with Gasteiger partial charge in [-0.25, -0.2) is 10.5 Å². The van der Waals surface area contributed by atoms with Gasteiger partial charge in [-0.05, 0) is 17.7 Å². The highest BCUT2D eigenvalue weighted by atomic mass is 35.5. The summed E-state index contributed by atoms with van der Waals surface area (Å²) >= 11 is 11.9. The van der Waals surface area contributed by atoms with Crippen molar-refractivity contribution in [2.45, 2.75) is 6.54 Å². The number of hydrogen-bond donors (Lipinski definition) is 3. The van der Waals surface area contributed by atoms with E-state index in [2.05, 4.69) is 10.3 Å². The van der Waals surface area contributed by atoms with Crippen LogP contribution in [0.1, 0.15) is 11.4 Å². The van der Waals surface area contributed by atoms with E-state index >= 15 is 0 Å². The van der Waals surface area contributed by atoms with E-state index < -0.39 is 5.91 Å². The monoisotopic (exact) mass is 340 g/mol. The summed E-state index contributed by atoms with van der Waals surface area (Å²) in [4.78, 5) is 15.2. The van der Waals surface area contributed by atoms with Crippen LogP contribution in [-0.4, -0.2) is 20.7 Å². The average molecular weight is 341 g/mol. The molecule has 22 heavy (non-hydrogen) atoms. The first kappa shape index (κ1) is 16.4. The Balaban J connectivity index is 2.14. The van der Waals surface area contributed by atoms with E-state index in [0.29, 0.717) is 17.5 Å². The molecule has 3 N–H and O–H groups in total. The third-order valence-corrected chi connectivity index (χ3v) is 3.79. The van der Waals surface area contributed by atoms with Crippen LogP contribution < -0.4 is 10.8 Å². The molecule has 116 valence electrons. The van der Waals surface area contributed by atoms with Crippen LogP contribution in [0, 0.1) is 0 Å². The Labute approximate surface area is 137 Å². The van der Waals surface area contributed by atoms with Gasteiger partial charge in [0.1, 0.15) is 11.0 Å². The Kier molecular flexibility index (Phi) is 5.43. The number of nitrogens with zero attached hydrogens (tertiary/aromatic N) is 2. The van der Waals surface area contributed by atoms with E-state index in [1.54, 1.807) is 23.2 Å². The Morgan fingerprint density at radius 2 is 2.14 bits per heavy atom. The molecule has 1 aromatic heterocycles. The molecule has 1 amide bonds. The molecule has 0 aliphatic rings. The maximum atomic E-state index is 11.0. The van der Waals surface area contributed by atoms with Gasteiger partial charge in [-0.2, -0.15) is 0 Å². The SMILES string of the molecule is Cn1c(CNc2ccccc2/C=C/C(=O)NO)nc(Cl)c1Cl. The molecule has 8 heteroatoms. The van der Waals surface area contributed by atoms with Crippen molar-refractivity contribution in [1.29, 1.82) is 0 Å². The molecule has 0 bridgehead atoms. The van der Waals surface area contributed by atoms with Gasteiger partial charge in [0.15, 0.2) is 5.15 Å². The van der Waals surface area contributed by atoms with Crippen molar-refractivity contribution < 1.29 is 10.0 Å². The van der Waals surface area contributed by atoms with Crippen LogP contribution in [0.3, 0.4) is 0 Å². The van der Waals surface area contributed by atoms with Crippen molar-refractivity contribution in [1.82, 2.24) is 15.0 Å². The number of imidazole rings is 1. The number of anilines is 1. The van der Waals surface area contributed by atoms with E-state index in [1.165, 1.54) is 6.08 Å². The predicted molar refractivity (Wildman–Crippen MR) is 86.0 cm³/mol. The van der Waals surface area contributed by atoms with Gasteiger partial charge < -0.3 is 9.88 Å². The summed E-state index contributed by atoms with van der Waals surface area (Å²) in [5, 5.41) is 12.3. The molecule has 2 aromatic rings. The highest BCUT2D eigenvalue weighted by molar-refractivity contribution is 6.40. The standard InChI is InChI=1S/C14H14Cl2N4O2/c1-20-11(18-13(15)14(20)16)8-17-10-5-3-2-4-9(10)6-7-12(21)19-22/h2-7,17,22H,8H2,1H3,(H,19,21)/b7-6+. The molecule has 1 heterocycles. The number of amides is 1. The van der Waals surface area contributed by atoms with Gasteiger partial charge in [0, 0.05) is 18.8 Å². The minimum absolute atomic E-state index is 0.258. The third kappa shape index (κ3) is 3.79. The molecule has 0 atom stereocenters. The zero-order valence-electron chi connectivity index (χ0n) is 11.7. The smallest absolute Gasteiger partial charge is 0.267 e. The van der Waals surface area contributed by atoms with Crippen LogP contribution in [0.4, 0.5) is 5.69 Å². The first-order valence-corrected chi connectivity index (χ1v) is 7.10. The first-order valence-electron chi connectivity index (χ1n) is 6.34. The molecule has 0 aliphatic carbocycles. The van der Waals surface area contributed by atoms with Crippen molar-refractivity contribution >= 4 is 40.9 Å². The van der Waals surface area contributed by atoms with Gasteiger partial charge >= 0.3 is 0 Å². The zero-order valence-corrected chi connectivity index (χ0v) is 13.2. The number of benzene rings is 1. The first-order chi connectivity index (χ1) is 10.5. The Hall–Kier alpha value is -2.02. The van der Waals surface area contributed by atoms with Crippen LogP contribution >= 0.6 is 23.2 Å². The summed E-state index contributed by atoms with van der Waals surface area (Å²) in [7, 11) is 1.77. The summed E-state index contributed by atoms with van der Waals surface area (Å²) < 4.78 is 1.69. The van der Waals surface area contributed by atoms with Crippen molar-refractivity contribution in [2.24, 2.45) is 7.05 Å². The number of para-hydroxylation sites is 1. The maximum Gasteiger partial charge on any atom is 0.267 e.